The average molecular weight is 391 g/mol. The molecule has 0 atom stereocenters. The summed E-state index contributed by atoms with van der Waals surface area (Å²) in [5, 5.41) is 6.69. The van der Waals surface area contributed by atoms with E-state index in [0.29, 0.717) is 24.0 Å². The molecule has 1 aromatic heterocycles. The summed E-state index contributed by atoms with van der Waals surface area (Å²) in [6.07, 6.45) is 4.83. The Balaban J connectivity index is 1.61. The molecule has 126 valence electrons. The van der Waals surface area contributed by atoms with Crippen LogP contribution in [-0.4, -0.2) is 35.1 Å². The zero-order chi connectivity index (χ0) is 16.9. The number of amides is 1. The van der Waals surface area contributed by atoms with E-state index in [9.17, 15) is 9.59 Å². The van der Waals surface area contributed by atoms with Crippen molar-refractivity contribution >= 4 is 32.7 Å². The largest absolute Gasteiger partial charge is 0.352 e. The lowest BCUT2D eigenvalue weighted by Gasteiger charge is -2.14. The van der Waals surface area contributed by atoms with Crippen LogP contribution in [0.5, 0.6) is 0 Å². The number of fused-ring (bicyclic) bond motifs is 1. The number of carbonyl (C=O) groups is 1. The van der Waals surface area contributed by atoms with Crippen molar-refractivity contribution in [3.05, 3.63) is 51.0 Å². The fourth-order valence-electron chi connectivity index (χ4n) is 2.64. The predicted molar refractivity (Wildman–Crippen MR) is 96.9 cm³/mol. The minimum absolute atomic E-state index is 0.0596. The molecule has 0 spiro atoms. The monoisotopic (exact) mass is 390 g/mol. The van der Waals surface area contributed by atoms with E-state index in [1.54, 1.807) is 12.1 Å². The quantitative estimate of drug-likeness (QED) is 0.760. The van der Waals surface area contributed by atoms with Crippen LogP contribution in [0.2, 0.25) is 0 Å². The maximum Gasteiger partial charge on any atom is 0.261 e. The molecule has 1 aliphatic heterocycles. The molecule has 0 bridgehead atoms. The van der Waals surface area contributed by atoms with E-state index < -0.39 is 0 Å². The fourth-order valence-corrected chi connectivity index (χ4v) is 3.00. The summed E-state index contributed by atoms with van der Waals surface area (Å²) in [5.74, 6) is -0.0596. The van der Waals surface area contributed by atoms with Crippen LogP contribution < -0.4 is 16.2 Å². The SMILES string of the molecule is O=C(CCn1cnc2ccc(Br)cc2c1=O)NCC1=CCNCC1. The van der Waals surface area contributed by atoms with Crippen molar-refractivity contribution in [2.45, 2.75) is 19.4 Å². The minimum atomic E-state index is -0.129. The zero-order valence-electron chi connectivity index (χ0n) is 13.2. The Kier molecular flexibility index (Phi) is 5.42. The molecule has 2 aromatic rings. The van der Waals surface area contributed by atoms with Crippen molar-refractivity contribution < 1.29 is 4.79 Å². The summed E-state index contributed by atoms with van der Waals surface area (Å²) >= 11 is 3.36. The van der Waals surface area contributed by atoms with E-state index in [2.05, 4.69) is 37.6 Å². The lowest BCUT2D eigenvalue weighted by atomic mass is 10.1. The second-order valence-corrected chi connectivity index (χ2v) is 6.66. The molecule has 2 N–H and O–H groups in total. The molecule has 1 amide bonds. The molecule has 7 heteroatoms. The molecule has 0 aliphatic carbocycles. The number of carbonyl (C=O) groups excluding carboxylic acids is 1. The highest BCUT2D eigenvalue weighted by Gasteiger charge is 2.08. The van der Waals surface area contributed by atoms with E-state index >= 15 is 0 Å². The Labute approximate surface area is 148 Å². The van der Waals surface area contributed by atoms with Gasteiger partial charge in [0.05, 0.1) is 17.2 Å². The van der Waals surface area contributed by atoms with Gasteiger partial charge < -0.3 is 10.6 Å². The van der Waals surface area contributed by atoms with Crippen LogP contribution in [0.4, 0.5) is 0 Å². The standard InChI is InChI=1S/C17H19BrN4O2/c18-13-1-2-15-14(9-13)17(24)22(11-21-15)8-5-16(23)20-10-12-3-6-19-7-4-12/h1-3,9,11,19H,4-8,10H2,(H,20,23). The number of aryl methyl sites for hydroxylation is 1. The maximum atomic E-state index is 12.5. The Bertz CT molecular complexity index is 844. The zero-order valence-corrected chi connectivity index (χ0v) is 14.8. The summed E-state index contributed by atoms with van der Waals surface area (Å²) in [6, 6.07) is 5.40. The van der Waals surface area contributed by atoms with Crippen molar-refractivity contribution in [1.29, 1.82) is 0 Å². The molecule has 3 rings (SSSR count). The topological polar surface area (TPSA) is 76.0 Å². The number of benzene rings is 1. The third-order valence-corrected chi connectivity index (χ3v) is 4.53. The Morgan fingerprint density at radius 1 is 1.42 bits per heavy atom. The van der Waals surface area contributed by atoms with Gasteiger partial charge in [-0.3, -0.25) is 14.2 Å². The van der Waals surface area contributed by atoms with Crippen LogP contribution >= 0.6 is 15.9 Å². The lowest BCUT2D eigenvalue weighted by Crippen LogP contribution is -2.31. The van der Waals surface area contributed by atoms with E-state index in [-0.39, 0.29) is 17.9 Å². The highest BCUT2D eigenvalue weighted by atomic mass is 79.9. The average Bonchev–Trinajstić information content (AvgIpc) is 2.61. The molecule has 0 fully saturated rings. The van der Waals surface area contributed by atoms with Crippen molar-refractivity contribution in [2.75, 3.05) is 19.6 Å². The highest BCUT2D eigenvalue weighted by Crippen LogP contribution is 2.14. The van der Waals surface area contributed by atoms with Gasteiger partial charge in [-0.15, -0.1) is 0 Å². The predicted octanol–water partition coefficient (Wildman–Crippen LogP) is 1.58. The molecule has 0 saturated heterocycles. The van der Waals surface area contributed by atoms with Crippen molar-refractivity contribution in [3.8, 4) is 0 Å². The number of nitrogens with one attached hydrogen (secondary N) is 2. The summed E-state index contributed by atoms with van der Waals surface area (Å²) < 4.78 is 2.32. The summed E-state index contributed by atoms with van der Waals surface area (Å²) in [6.45, 7) is 2.72. The highest BCUT2D eigenvalue weighted by molar-refractivity contribution is 9.10. The van der Waals surface area contributed by atoms with E-state index in [4.69, 9.17) is 0 Å². The summed E-state index contributed by atoms with van der Waals surface area (Å²) in [4.78, 5) is 28.7. The number of hydrogen-bond donors (Lipinski definition) is 2. The van der Waals surface area contributed by atoms with Crippen molar-refractivity contribution in [3.63, 3.8) is 0 Å². The maximum absolute atomic E-state index is 12.5. The van der Waals surface area contributed by atoms with Gasteiger partial charge in [0.2, 0.25) is 5.91 Å². The molecule has 0 unspecified atom stereocenters. The van der Waals surface area contributed by atoms with E-state index in [0.717, 1.165) is 24.0 Å². The van der Waals surface area contributed by atoms with Crippen LogP contribution in [-0.2, 0) is 11.3 Å². The third-order valence-electron chi connectivity index (χ3n) is 4.04. The van der Waals surface area contributed by atoms with Crippen LogP contribution in [0, 0.1) is 0 Å². The lowest BCUT2D eigenvalue weighted by molar-refractivity contribution is -0.121. The van der Waals surface area contributed by atoms with Gasteiger partial charge >= 0.3 is 0 Å². The van der Waals surface area contributed by atoms with Gasteiger partial charge in [0.15, 0.2) is 0 Å². The first-order valence-corrected chi connectivity index (χ1v) is 8.73. The molecular formula is C17H19BrN4O2. The first kappa shape index (κ1) is 16.9. The smallest absolute Gasteiger partial charge is 0.261 e. The van der Waals surface area contributed by atoms with Crippen LogP contribution in [0.25, 0.3) is 10.9 Å². The number of aromatic nitrogens is 2. The van der Waals surface area contributed by atoms with Crippen LogP contribution in [0.3, 0.4) is 0 Å². The second kappa shape index (κ2) is 7.72. The Morgan fingerprint density at radius 2 is 2.29 bits per heavy atom. The first-order valence-electron chi connectivity index (χ1n) is 7.93. The fraction of sp³-hybridized carbons (Fsp3) is 0.353. The van der Waals surface area contributed by atoms with Gasteiger partial charge in [0.1, 0.15) is 0 Å². The van der Waals surface area contributed by atoms with Gasteiger partial charge in [-0.25, -0.2) is 4.98 Å². The molecule has 0 saturated carbocycles. The second-order valence-electron chi connectivity index (χ2n) is 5.75. The third kappa shape index (κ3) is 4.10. The first-order chi connectivity index (χ1) is 11.6. The Morgan fingerprint density at radius 3 is 3.08 bits per heavy atom. The molecular weight excluding hydrogens is 372 g/mol. The van der Waals surface area contributed by atoms with Crippen LogP contribution in [0.15, 0.2) is 45.4 Å². The summed E-state index contributed by atoms with van der Waals surface area (Å²) in [7, 11) is 0. The number of hydrogen-bond acceptors (Lipinski definition) is 4. The van der Waals surface area contributed by atoms with Crippen molar-refractivity contribution in [2.24, 2.45) is 0 Å². The number of halogens is 1. The van der Waals surface area contributed by atoms with Gasteiger partial charge in [0, 0.05) is 30.5 Å². The van der Waals surface area contributed by atoms with Gasteiger partial charge in [0.25, 0.3) is 5.56 Å². The van der Waals surface area contributed by atoms with Gasteiger partial charge in [-0.05, 0) is 31.2 Å². The van der Waals surface area contributed by atoms with E-state index in [1.165, 1.54) is 16.5 Å². The van der Waals surface area contributed by atoms with Crippen molar-refractivity contribution in [1.82, 2.24) is 20.2 Å². The minimum Gasteiger partial charge on any atom is -0.352 e. The molecule has 6 nitrogen and oxygen atoms in total. The molecule has 1 aliphatic rings. The van der Waals surface area contributed by atoms with Crippen LogP contribution in [0.1, 0.15) is 12.8 Å². The number of rotatable bonds is 5. The van der Waals surface area contributed by atoms with Gasteiger partial charge in [-0.1, -0.05) is 27.6 Å². The molecule has 2 heterocycles. The molecule has 1 aromatic carbocycles. The summed E-state index contributed by atoms with van der Waals surface area (Å²) in [5.41, 5.74) is 1.77. The Hall–Kier alpha value is -1.99. The molecule has 0 radical (unpaired) electrons. The number of nitrogens with zero attached hydrogens (tertiary/aromatic N) is 2. The van der Waals surface area contributed by atoms with E-state index in [1.807, 2.05) is 6.07 Å². The van der Waals surface area contributed by atoms with Gasteiger partial charge in [-0.2, -0.15) is 0 Å². The molecule has 24 heavy (non-hydrogen) atoms. The normalized spacial score (nSPS) is 14.5.